The second kappa shape index (κ2) is 7.48. The zero-order valence-electron chi connectivity index (χ0n) is 22.1. The number of hydrogen-bond acceptors (Lipinski definition) is 2. The van der Waals surface area contributed by atoms with Crippen LogP contribution in [0.5, 0.6) is 23.3 Å². The van der Waals surface area contributed by atoms with Gasteiger partial charge in [0, 0.05) is 23.9 Å². The minimum atomic E-state index is -0.732. The molecular formula is C35H25N3O2+2. The first-order chi connectivity index (χ1) is 19.6. The van der Waals surface area contributed by atoms with Gasteiger partial charge in [-0.25, -0.2) is 4.57 Å². The summed E-state index contributed by atoms with van der Waals surface area (Å²) in [4.78, 5) is 0. The van der Waals surface area contributed by atoms with Crippen LogP contribution < -0.4 is 18.6 Å². The Morgan fingerprint density at radius 3 is 2.15 bits per heavy atom. The van der Waals surface area contributed by atoms with Crippen molar-refractivity contribution < 1.29 is 18.6 Å². The fraction of sp³-hybridized carbons (Fsp3) is 0.0857. The van der Waals surface area contributed by atoms with E-state index in [-0.39, 0.29) is 0 Å². The standard InChI is InChI=1S/C35H25N3O2/c1-22-18-25(24-10-4-3-5-11-24)19-23(2)33(22)26-20-28-27-12-8-16-32-38(27)35(37(28)21-26)34-29(13-9-14-30(34)40-32)39-31-15-6-7-17-36(31)35/h3-21H,1-2H3/q+2. The van der Waals surface area contributed by atoms with Crippen molar-refractivity contribution in [2.45, 2.75) is 19.6 Å². The second-order valence-electron chi connectivity index (χ2n) is 10.8. The highest BCUT2D eigenvalue weighted by Gasteiger charge is 2.70. The van der Waals surface area contributed by atoms with Gasteiger partial charge in [0.2, 0.25) is 11.3 Å². The van der Waals surface area contributed by atoms with E-state index in [9.17, 15) is 0 Å². The van der Waals surface area contributed by atoms with Crippen LogP contribution >= 0.6 is 0 Å². The van der Waals surface area contributed by atoms with E-state index < -0.39 is 5.79 Å². The van der Waals surface area contributed by atoms with Crippen LogP contribution in [-0.2, 0) is 5.79 Å². The zero-order chi connectivity index (χ0) is 26.6. The molecule has 3 aliphatic heterocycles. The van der Waals surface area contributed by atoms with Crippen LogP contribution in [0.2, 0.25) is 0 Å². The minimum absolute atomic E-state index is 0.732. The summed E-state index contributed by atoms with van der Waals surface area (Å²) < 4.78 is 19.9. The summed E-state index contributed by atoms with van der Waals surface area (Å²) in [5.41, 5.74) is 10.7. The summed E-state index contributed by atoms with van der Waals surface area (Å²) in [5, 5.41) is 0. The first kappa shape index (κ1) is 21.7. The van der Waals surface area contributed by atoms with Crippen molar-refractivity contribution in [2.75, 3.05) is 0 Å². The highest BCUT2D eigenvalue weighted by molar-refractivity contribution is 5.79. The molecular weight excluding hydrogens is 494 g/mol. The van der Waals surface area contributed by atoms with Crippen molar-refractivity contribution in [3.8, 4) is 56.9 Å². The first-order valence-electron chi connectivity index (χ1n) is 13.6. The van der Waals surface area contributed by atoms with Gasteiger partial charge in [-0.3, -0.25) is 0 Å². The van der Waals surface area contributed by atoms with Gasteiger partial charge in [0.05, 0.1) is 12.1 Å². The molecule has 0 N–H and O–H groups in total. The Kier molecular flexibility index (Phi) is 4.07. The molecule has 0 bridgehead atoms. The average molecular weight is 520 g/mol. The molecule has 3 aromatic heterocycles. The quantitative estimate of drug-likeness (QED) is 0.231. The van der Waals surface area contributed by atoms with Gasteiger partial charge >= 0.3 is 17.5 Å². The normalized spacial score (nSPS) is 16.8. The van der Waals surface area contributed by atoms with Crippen LogP contribution in [0.4, 0.5) is 0 Å². The summed E-state index contributed by atoms with van der Waals surface area (Å²) in [5.74, 6) is 2.46. The molecule has 190 valence electrons. The third-order valence-corrected chi connectivity index (χ3v) is 8.52. The molecule has 9 rings (SSSR count). The Labute approximate surface area is 231 Å². The highest BCUT2D eigenvalue weighted by atomic mass is 16.5. The fourth-order valence-corrected chi connectivity index (χ4v) is 7.05. The summed E-state index contributed by atoms with van der Waals surface area (Å²) in [7, 11) is 0. The Bertz CT molecular complexity index is 2010. The van der Waals surface area contributed by atoms with Crippen molar-refractivity contribution in [2.24, 2.45) is 0 Å². The van der Waals surface area contributed by atoms with Gasteiger partial charge in [0.15, 0.2) is 17.7 Å². The Balaban J connectivity index is 1.34. The van der Waals surface area contributed by atoms with E-state index in [0.29, 0.717) is 0 Å². The molecule has 0 amide bonds. The molecule has 5 heteroatoms. The Hall–Kier alpha value is -5.16. The lowest BCUT2D eigenvalue weighted by molar-refractivity contribution is -0.984. The van der Waals surface area contributed by atoms with Crippen LogP contribution in [0.25, 0.3) is 33.6 Å². The number of rotatable bonds is 2. The predicted molar refractivity (Wildman–Crippen MR) is 152 cm³/mol. The SMILES string of the molecule is Cc1cc(-c2ccccc2)cc(C)c1-c1cc2n(c1)C13c4c(cccc4Oc4cccc-2[n+]41)Oc1cccc[n+]13. The third-order valence-electron chi connectivity index (χ3n) is 8.52. The number of benzene rings is 3. The van der Waals surface area contributed by atoms with Crippen LogP contribution in [0.3, 0.4) is 0 Å². The zero-order valence-corrected chi connectivity index (χ0v) is 22.1. The molecule has 40 heavy (non-hydrogen) atoms. The lowest BCUT2D eigenvalue weighted by atomic mass is 9.92. The molecule has 5 nitrogen and oxygen atoms in total. The average Bonchev–Trinajstić information content (AvgIpc) is 3.52. The number of hydrogen-bond donors (Lipinski definition) is 0. The topological polar surface area (TPSA) is 31.1 Å². The number of nitrogens with zero attached hydrogens (tertiary/aromatic N) is 3. The van der Waals surface area contributed by atoms with Crippen molar-refractivity contribution in [1.82, 2.24) is 4.57 Å². The van der Waals surface area contributed by atoms with Crippen LogP contribution in [-0.4, -0.2) is 4.57 Å². The van der Waals surface area contributed by atoms with Gasteiger partial charge in [-0.05, 0) is 72.0 Å². The van der Waals surface area contributed by atoms with Crippen LogP contribution in [0, 0.1) is 13.8 Å². The molecule has 1 spiro atoms. The summed E-state index contributed by atoms with van der Waals surface area (Å²) >= 11 is 0. The second-order valence-corrected chi connectivity index (χ2v) is 10.8. The van der Waals surface area contributed by atoms with E-state index in [1.54, 1.807) is 0 Å². The van der Waals surface area contributed by atoms with Gasteiger partial charge in [-0.15, -0.1) is 0 Å². The summed E-state index contributed by atoms with van der Waals surface area (Å²) in [6, 6.07) is 36.0. The van der Waals surface area contributed by atoms with Gasteiger partial charge < -0.3 is 9.47 Å². The number of pyridine rings is 2. The van der Waals surface area contributed by atoms with Crippen molar-refractivity contribution in [3.05, 3.63) is 132 Å². The van der Waals surface area contributed by atoms with Gasteiger partial charge in [-0.1, -0.05) is 57.7 Å². The lowest BCUT2D eigenvalue weighted by Gasteiger charge is -2.31. The van der Waals surface area contributed by atoms with Crippen LogP contribution in [0.1, 0.15) is 16.7 Å². The van der Waals surface area contributed by atoms with Crippen molar-refractivity contribution in [3.63, 3.8) is 0 Å². The van der Waals surface area contributed by atoms with Gasteiger partial charge in [0.1, 0.15) is 5.69 Å². The minimum Gasteiger partial charge on any atom is -0.404 e. The largest absolute Gasteiger partial charge is 0.494 e. The number of fused-ring (bicyclic) bond motifs is 3. The highest BCUT2D eigenvalue weighted by Crippen LogP contribution is 2.52. The summed E-state index contributed by atoms with van der Waals surface area (Å²) in [6.45, 7) is 4.44. The van der Waals surface area contributed by atoms with Crippen LogP contribution in [0.15, 0.2) is 116 Å². The maximum absolute atomic E-state index is 6.49. The third kappa shape index (κ3) is 2.57. The van der Waals surface area contributed by atoms with E-state index in [1.165, 1.54) is 33.4 Å². The number of aromatic nitrogens is 3. The molecule has 0 aliphatic carbocycles. The smallest absolute Gasteiger partial charge is 0.404 e. The number of aryl methyl sites for hydroxylation is 2. The Morgan fingerprint density at radius 2 is 1.35 bits per heavy atom. The van der Waals surface area contributed by atoms with E-state index in [4.69, 9.17) is 9.47 Å². The predicted octanol–water partition coefficient (Wildman–Crippen LogP) is 6.96. The molecule has 0 radical (unpaired) electrons. The van der Waals surface area contributed by atoms with E-state index in [2.05, 4.69) is 107 Å². The summed E-state index contributed by atoms with van der Waals surface area (Å²) in [6.07, 6.45) is 4.42. The van der Waals surface area contributed by atoms with Gasteiger partial charge in [0.25, 0.3) is 0 Å². The molecule has 0 saturated carbocycles. The van der Waals surface area contributed by atoms with E-state index >= 15 is 0 Å². The molecule has 6 aromatic rings. The molecule has 0 fully saturated rings. The fourth-order valence-electron chi connectivity index (χ4n) is 7.05. The number of ether oxygens (including phenoxy) is 2. The molecule has 1 unspecified atom stereocenters. The van der Waals surface area contributed by atoms with Gasteiger partial charge in [-0.2, -0.15) is 0 Å². The molecule has 3 aromatic carbocycles. The molecule has 0 saturated heterocycles. The lowest BCUT2D eigenvalue weighted by Crippen LogP contribution is -2.77. The van der Waals surface area contributed by atoms with Crippen molar-refractivity contribution in [1.29, 1.82) is 0 Å². The molecule has 3 aliphatic rings. The maximum Gasteiger partial charge on any atom is 0.494 e. The van der Waals surface area contributed by atoms with Crippen molar-refractivity contribution >= 4 is 0 Å². The maximum atomic E-state index is 6.49. The van der Waals surface area contributed by atoms with E-state index in [0.717, 1.165) is 40.2 Å². The Morgan fingerprint density at radius 1 is 0.650 bits per heavy atom. The van der Waals surface area contributed by atoms with E-state index in [1.807, 2.05) is 36.4 Å². The molecule has 6 heterocycles. The monoisotopic (exact) mass is 519 g/mol. The first-order valence-corrected chi connectivity index (χ1v) is 13.6. The molecule has 1 atom stereocenters.